The maximum Gasteiger partial charge on any atom is 0.161 e. The molecule has 134 valence electrons. The molecule has 3 atom stereocenters. The van der Waals surface area contributed by atoms with Gasteiger partial charge in [-0.05, 0) is 53.8 Å². The molecule has 1 aromatic rings. The lowest BCUT2D eigenvalue weighted by Gasteiger charge is -2.47. The van der Waals surface area contributed by atoms with Gasteiger partial charge in [-0.2, -0.15) is 0 Å². The third-order valence-corrected chi connectivity index (χ3v) is 4.00. The van der Waals surface area contributed by atoms with Crippen molar-refractivity contribution in [2.75, 3.05) is 27.1 Å². The number of benzene rings is 1. The summed E-state index contributed by atoms with van der Waals surface area (Å²) < 4.78 is 150. The van der Waals surface area contributed by atoms with Gasteiger partial charge in [-0.25, -0.2) is 0 Å². The maximum absolute atomic E-state index is 11.2. The van der Waals surface area contributed by atoms with E-state index in [9.17, 15) is 5.11 Å². The number of hydrogen-bond donors (Lipinski definition) is 1. The first kappa shape index (κ1) is 6.17. The number of piperidine rings is 1. The Kier molecular flexibility index (Phi) is 1.69. The van der Waals surface area contributed by atoms with Crippen LogP contribution in [0.2, 0.25) is 0 Å². The summed E-state index contributed by atoms with van der Waals surface area (Å²) in [7, 11) is -1.85. The van der Waals surface area contributed by atoms with E-state index in [-0.39, 0.29) is 11.3 Å². The van der Waals surface area contributed by atoms with Crippen LogP contribution in [0.4, 0.5) is 0 Å². The predicted octanol–water partition coefficient (Wildman–Crippen LogP) is 3.42. The Morgan fingerprint density at radius 2 is 2.21 bits per heavy atom. The van der Waals surface area contributed by atoms with Crippen LogP contribution in [-0.4, -0.2) is 43.3 Å². The lowest BCUT2D eigenvalue weighted by molar-refractivity contribution is -0.0259. The standard InChI is InChI=1S/C20H31NO3/c1-20(2,3)11-14-12-21-7-6-13-8-18(23-4)19(24-5)9-15(13)16(21)10-17(14)22/h8-9,14,16-17,22H,6-7,10-12H2,1-5H3/i1D3,2D3,4D3,6D2,7D2,11D2,12D2. The second-order valence-electron chi connectivity index (χ2n) is 5.99. The summed E-state index contributed by atoms with van der Waals surface area (Å²) >= 11 is 0. The molecular formula is C20H31NO3. The average Bonchev–Trinajstić information content (AvgIpc) is 2.72. The number of hydrogen-bond acceptors (Lipinski definition) is 4. The largest absolute Gasteiger partial charge is 0.493 e. The summed E-state index contributed by atoms with van der Waals surface area (Å²) in [6.45, 7) is -13.2. The summed E-state index contributed by atoms with van der Waals surface area (Å²) in [6, 6.07) is 0.500. The molecule has 2 aliphatic heterocycles. The molecule has 4 nitrogen and oxygen atoms in total. The third-order valence-electron chi connectivity index (χ3n) is 4.00. The van der Waals surface area contributed by atoms with E-state index in [2.05, 4.69) is 0 Å². The first-order valence-corrected chi connectivity index (χ1v) is 7.40. The van der Waals surface area contributed by atoms with Gasteiger partial charge in [0.2, 0.25) is 0 Å². The molecule has 0 bridgehead atoms. The quantitative estimate of drug-likeness (QED) is 0.907. The highest BCUT2D eigenvalue weighted by molar-refractivity contribution is 5.49. The van der Waals surface area contributed by atoms with E-state index in [0.717, 1.165) is 19.2 Å². The zero-order valence-electron chi connectivity index (χ0n) is 30.3. The van der Waals surface area contributed by atoms with Crippen LogP contribution in [0.15, 0.2) is 12.1 Å². The summed E-state index contributed by atoms with van der Waals surface area (Å²) in [6.07, 6.45) is -9.41. The maximum atomic E-state index is 11.2. The lowest BCUT2D eigenvalue weighted by atomic mass is 9.75. The molecule has 1 fully saturated rings. The molecule has 2 heterocycles. The number of aliphatic hydroxyl groups excluding tert-OH is 1. The van der Waals surface area contributed by atoms with Crippen LogP contribution in [0.5, 0.6) is 11.5 Å². The van der Waals surface area contributed by atoms with Crippen LogP contribution in [0.3, 0.4) is 0 Å². The van der Waals surface area contributed by atoms with E-state index in [4.69, 9.17) is 32.8 Å². The molecule has 3 rings (SSSR count). The third kappa shape index (κ3) is 3.40. The van der Waals surface area contributed by atoms with Crippen molar-refractivity contribution < 1.29 is 37.9 Å². The first-order chi connectivity index (χ1) is 18.0. The van der Waals surface area contributed by atoms with Gasteiger partial charge in [0.1, 0.15) is 0 Å². The smallest absolute Gasteiger partial charge is 0.161 e. The predicted molar refractivity (Wildman–Crippen MR) is 95.7 cm³/mol. The minimum absolute atomic E-state index is 0.129. The number of methoxy groups -OCH3 is 2. The van der Waals surface area contributed by atoms with Gasteiger partial charge in [-0.1, -0.05) is 20.6 Å². The highest BCUT2D eigenvalue weighted by atomic mass is 16.5. The molecular weight excluding hydrogens is 302 g/mol. The second kappa shape index (κ2) is 6.57. The van der Waals surface area contributed by atoms with Gasteiger partial charge in [0.05, 0.1) is 24.4 Å². The molecule has 0 spiro atoms. The Hall–Kier alpha value is -1.26. The van der Waals surface area contributed by atoms with Gasteiger partial charge in [0, 0.05) is 38.2 Å². The zero-order chi connectivity index (χ0) is 32.2. The summed E-state index contributed by atoms with van der Waals surface area (Å²) in [5, 5.41) is 11.2. The van der Waals surface area contributed by atoms with Gasteiger partial charge in [-0.15, -0.1) is 0 Å². The fourth-order valence-electron chi connectivity index (χ4n) is 2.93. The Labute approximate surface area is 169 Å². The molecule has 1 saturated heterocycles. The lowest BCUT2D eigenvalue weighted by Crippen LogP contribution is -2.48. The number of fused-ring (bicyclic) bond motifs is 3. The Morgan fingerprint density at radius 3 is 2.92 bits per heavy atom. The first-order valence-electron chi connectivity index (χ1n) is 15.9. The minimum Gasteiger partial charge on any atom is -0.493 e. The Balaban J connectivity index is 2.32. The molecule has 24 heavy (non-hydrogen) atoms. The molecule has 3 unspecified atom stereocenters. The van der Waals surface area contributed by atoms with Crippen molar-refractivity contribution in [3.63, 3.8) is 0 Å². The van der Waals surface area contributed by atoms with Gasteiger partial charge < -0.3 is 14.6 Å². The normalized spacial score (nSPS) is 46.3. The van der Waals surface area contributed by atoms with Crippen LogP contribution >= 0.6 is 0 Å². The Morgan fingerprint density at radius 1 is 1.42 bits per heavy atom. The minimum atomic E-state index is -3.54. The summed E-state index contributed by atoms with van der Waals surface area (Å²) in [5.74, 6) is -3.17. The van der Waals surface area contributed by atoms with Gasteiger partial charge >= 0.3 is 0 Å². The van der Waals surface area contributed by atoms with E-state index in [1.807, 2.05) is 0 Å². The van der Waals surface area contributed by atoms with E-state index in [1.165, 1.54) is 0 Å². The van der Waals surface area contributed by atoms with Crippen LogP contribution < -0.4 is 9.47 Å². The SMILES string of the molecule is [2H]C([2H])([2H])Oc1cc2c(cc1OC)C1CC(O)C(C([2H])([2H])C(C)(C([2H])([2H])[2H])C([2H])([2H])[2H])C([2H])([2H])N1C([2H])([2H])C2([2H])[2H]. The van der Waals surface area contributed by atoms with Gasteiger partial charge in [-0.3, -0.25) is 4.90 Å². The molecule has 0 radical (unpaired) electrons. The van der Waals surface area contributed by atoms with Crippen LogP contribution in [0, 0.1) is 11.3 Å². The van der Waals surface area contributed by atoms with Crippen LogP contribution in [-0.2, 0) is 6.37 Å². The molecule has 0 aliphatic carbocycles. The average molecular weight is 351 g/mol. The summed E-state index contributed by atoms with van der Waals surface area (Å²) in [5.41, 5.74) is -3.82. The molecule has 1 N–H and O–H groups in total. The molecule has 4 heteroatoms. The summed E-state index contributed by atoms with van der Waals surface area (Å²) in [4.78, 5) is 0.348. The van der Waals surface area contributed by atoms with Crippen molar-refractivity contribution in [3.8, 4) is 11.5 Å². The van der Waals surface area contributed by atoms with E-state index >= 15 is 0 Å². The van der Waals surface area contributed by atoms with Crippen LogP contribution in [0.25, 0.3) is 0 Å². The number of nitrogens with zero attached hydrogens (tertiary/aromatic N) is 1. The van der Waals surface area contributed by atoms with Gasteiger partial charge in [0.25, 0.3) is 0 Å². The fraction of sp³-hybridized carbons (Fsp3) is 0.700. The van der Waals surface area contributed by atoms with Crippen molar-refractivity contribution in [2.24, 2.45) is 11.3 Å². The van der Waals surface area contributed by atoms with Crippen molar-refractivity contribution in [2.45, 2.75) is 51.9 Å². The van der Waals surface area contributed by atoms with Crippen LogP contribution in [0.1, 0.15) is 73.9 Å². The van der Waals surface area contributed by atoms with E-state index in [0.29, 0.717) is 11.8 Å². The van der Waals surface area contributed by atoms with Crippen molar-refractivity contribution >= 4 is 0 Å². The molecule has 2 aliphatic rings. The molecule has 0 amide bonds. The monoisotopic (exact) mass is 350 g/mol. The number of ether oxygens (including phenoxy) is 2. The highest BCUT2D eigenvalue weighted by Gasteiger charge is 2.39. The van der Waals surface area contributed by atoms with E-state index in [1.54, 1.807) is 0 Å². The molecule has 0 aromatic heterocycles. The van der Waals surface area contributed by atoms with E-state index < -0.39 is 87.7 Å². The number of aliphatic hydroxyl groups is 1. The molecule has 1 aromatic carbocycles. The second-order valence-corrected chi connectivity index (χ2v) is 5.99. The highest BCUT2D eigenvalue weighted by Crippen LogP contribution is 2.44. The van der Waals surface area contributed by atoms with Gasteiger partial charge in [0.15, 0.2) is 11.5 Å². The van der Waals surface area contributed by atoms with Crippen molar-refractivity contribution in [1.29, 1.82) is 0 Å². The molecule has 0 saturated carbocycles. The number of aryl methyl sites for hydroxylation is 1. The number of rotatable bonds is 3. The van der Waals surface area contributed by atoms with Crippen molar-refractivity contribution in [1.82, 2.24) is 4.90 Å². The topological polar surface area (TPSA) is 41.9 Å². The zero-order valence-corrected chi connectivity index (χ0v) is 13.3. The van der Waals surface area contributed by atoms with Crippen molar-refractivity contribution in [3.05, 3.63) is 23.3 Å². The fourth-order valence-corrected chi connectivity index (χ4v) is 2.93. The Bertz CT molecular complexity index is 1160.